The second-order valence-corrected chi connectivity index (χ2v) is 4.75. The van der Waals surface area contributed by atoms with Crippen molar-refractivity contribution in [2.24, 2.45) is 5.73 Å². The maximum Gasteiger partial charge on any atom is 0.248 e. The molecule has 1 amide bonds. The molecule has 6 nitrogen and oxygen atoms in total. The highest BCUT2D eigenvalue weighted by Gasteiger charge is 2.06. The molecule has 0 bridgehead atoms. The van der Waals surface area contributed by atoms with Gasteiger partial charge < -0.3 is 15.8 Å². The van der Waals surface area contributed by atoms with Crippen molar-refractivity contribution < 1.29 is 9.53 Å². The Hall–Kier alpha value is -2.31. The van der Waals surface area contributed by atoms with Gasteiger partial charge >= 0.3 is 0 Å². The molecule has 0 unspecified atom stereocenters. The number of hydrogen-bond donors (Lipinski definition) is 2. The van der Waals surface area contributed by atoms with Crippen LogP contribution in [-0.4, -0.2) is 35.6 Å². The Morgan fingerprint density at radius 3 is 2.82 bits per heavy atom. The minimum Gasteiger partial charge on any atom is -0.375 e. The molecule has 0 aromatic carbocycles. The topological polar surface area (TPSA) is 90.1 Å². The maximum atomic E-state index is 11.2. The fourth-order valence-electron chi connectivity index (χ4n) is 1.90. The first-order valence-corrected chi connectivity index (χ1v) is 7.20. The van der Waals surface area contributed by atoms with Crippen LogP contribution in [0.2, 0.25) is 0 Å². The molecule has 0 saturated heterocycles. The van der Waals surface area contributed by atoms with Crippen LogP contribution >= 0.6 is 0 Å². The monoisotopic (exact) mass is 300 g/mol. The molecule has 0 aliphatic heterocycles. The van der Waals surface area contributed by atoms with E-state index in [1.165, 1.54) is 0 Å². The summed E-state index contributed by atoms with van der Waals surface area (Å²) in [5.74, 6) is -0.477. The summed E-state index contributed by atoms with van der Waals surface area (Å²) in [6.45, 7) is 5.03. The highest BCUT2D eigenvalue weighted by atomic mass is 16.5. The maximum absolute atomic E-state index is 11.2. The number of primary amides is 1. The van der Waals surface area contributed by atoms with E-state index in [9.17, 15) is 4.79 Å². The number of nitrogens with zero attached hydrogens (tertiary/aromatic N) is 2. The number of amides is 1. The summed E-state index contributed by atoms with van der Waals surface area (Å²) in [5, 5.41) is 3.19. The molecular weight excluding hydrogens is 280 g/mol. The van der Waals surface area contributed by atoms with Crippen LogP contribution in [0.5, 0.6) is 0 Å². The van der Waals surface area contributed by atoms with Crippen LogP contribution in [0.1, 0.15) is 22.8 Å². The minimum absolute atomic E-state index is 0.419. The quantitative estimate of drug-likeness (QED) is 0.719. The Bertz CT molecular complexity index is 614. The van der Waals surface area contributed by atoms with E-state index >= 15 is 0 Å². The molecule has 0 fully saturated rings. The number of hydrogen-bond acceptors (Lipinski definition) is 5. The largest absolute Gasteiger partial charge is 0.375 e. The SMILES string of the molecule is CCNCCOCc1ccc(-c2cc(C(N)=O)ccn2)nc1. The lowest BCUT2D eigenvalue weighted by atomic mass is 10.1. The smallest absolute Gasteiger partial charge is 0.248 e. The molecule has 0 saturated carbocycles. The number of nitrogens with one attached hydrogen (secondary N) is 1. The first-order valence-electron chi connectivity index (χ1n) is 7.20. The average Bonchev–Trinajstić information content (AvgIpc) is 2.55. The summed E-state index contributed by atoms with van der Waals surface area (Å²) >= 11 is 0. The lowest BCUT2D eigenvalue weighted by molar-refractivity contribution is 0.1000. The van der Waals surface area contributed by atoms with Crippen molar-refractivity contribution in [3.63, 3.8) is 0 Å². The van der Waals surface area contributed by atoms with E-state index in [1.54, 1.807) is 24.5 Å². The Labute approximate surface area is 129 Å². The van der Waals surface area contributed by atoms with Crippen LogP contribution in [0.25, 0.3) is 11.4 Å². The predicted molar refractivity (Wildman–Crippen MR) is 84.2 cm³/mol. The van der Waals surface area contributed by atoms with Crippen molar-refractivity contribution >= 4 is 5.91 Å². The fourth-order valence-corrected chi connectivity index (χ4v) is 1.90. The number of carbonyl (C=O) groups excluding carboxylic acids is 1. The van der Waals surface area contributed by atoms with Gasteiger partial charge in [0.05, 0.1) is 24.6 Å². The van der Waals surface area contributed by atoms with Gasteiger partial charge in [0.2, 0.25) is 5.91 Å². The molecule has 2 rings (SSSR count). The van der Waals surface area contributed by atoms with Gasteiger partial charge in [-0.1, -0.05) is 13.0 Å². The van der Waals surface area contributed by atoms with Crippen molar-refractivity contribution in [3.8, 4) is 11.4 Å². The lowest BCUT2D eigenvalue weighted by Gasteiger charge is -2.06. The first kappa shape index (κ1) is 16.1. The molecule has 116 valence electrons. The van der Waals surface area contributed by atoms with Crippen LogP contribution < -0.4 is 11.1 Å². The van der Waals surface area contributed by atoms with Gasteiger partial charge in [-0.25, -0.2) is 0 Å². The van der Waals surface area contributed by atoms with Gasteiger partial charge in [-0.2, -0.15) is 0 Å². The van der Waals surface area contributed by atoms with Gasteiger partial charge in [0, 0.05) is 24.5 Å². The van der Waals surface area contributed by atoms with Crippen molar-refractivity contribution in [3.05, 3.63) is 47.8 Å². The van der Waals surface area contributed by atoms with Gasteiger partial charge in [0.15, 0.2) is 0 Å². The van der Waals surface area contributed by atoms with Crippen LogP contribution in [-0.2, 0) is 11.3 Å². The molecule has 0 atom stereocenters. The van der Waals surface area contributed by atoms with Crippen LogP contribution in [0, 0.1) is 0 Å². The zero-order chi connectivity index (χ0) is 15.8. The highest BCUT2D eigenvalue weighted by Crippen LogP contribution is 2.16. The van der Waals surface area contributed by atoms with Gasteiger partial charge in [0.25, 0.3) is 0 Å². The van der Waals surface area contributed by atoms with Gasteiger partial charge in [0.1, 0.15) is 0 Å². The Morgan fingerprint density at radius 1 is 1.27 bits per heavy atom. The predicted octanol–water partition coefficient (Wildman–Crippen LogP) is 1.37. The van der Waals surface area contributed by atoms with Crippen molar-refractivity contribution in [2.45, 2.75) is 13.5 Å². The van der Waals surface area contributed by atoms with Crippen LogP contribution in [0.3, 0.4) is 0 Å². The molecule has 22 heavy (non-hydrogen) atoms. The van der Waals surface area contributed by atoms with E-state index in [1.807, 2.05) is 12.1 Å². The molecule has 3 N–H and O–H groups in total. The standard InChI is InChI=1S/C16H20N4O2/c1-2-18-7-8-22-11-12-3-4-14(20-10-12)15-9-13(16(17)21)5-6-19-15/h3-6,9-10,18H,2,7-8,11H2,1H3,(H2,17,21). The third kappa shape index (κ3) is 4.61. The van der Waals surface area contributed by atoms with Gasteiger partial charge in [-0.05, 0) is 30.3 Å². The van der Waals surface area contributed by atoms with Crippen LogP contribution in [0.4, 0.5) is 0 Å². The molecule has 0 radical (unpaired) electrons. The number of nitrogens with two attached hydrogens (primary N) is 1. The van der Waals surface area contributed by atoms with E-state index < -0.39 is 5.91 Å². The highest BCUT2D eigenvalue weighted by molar-refractivity contribution is 5.93. The Morgan fingerprint density at radius 2 is 2.14 bits per heavy atom. The van der Waals surface area contributed by atoms with E-state index in [0.29, 0.717) is 30.2 Å². The number of ether oxygens (including phenoxy) is 1. The van der Waals surface area contributed by atoms with E-state index in [2.05, 4.69) is 22.2 Å². The second kappa shape index (κ2) is 8.21. The molecule has 6 heteroatoms. The number of pyridine rings is 2. The molecule has 2 heterocycles. The Balaban J connectivity index is 1.97. The number of carbonyl (C=O) groups is 1. The van der Waals surface area contributed by atoms with E-state index in [4.69, 9.17) is 10.5 Å². The summed E-state index contributed by atoms with van der Waals surface area (Å²) in [6, 6.07) is 7.01. The fraction of sp³-hybridized carbons (Fsp3) is 0.312. The summed E-state index contributed by atoms with van der Waals surface area (Å²) in [6.07, 6.45) is 3.30. The minimum atomic E-state index is -0.477. The number of likely N-dealkylation sites (N-methyl/N-ethyl adjacent to an activating group) is 1. The zero-order valence-corrected chi connectivity index (χ0v) is 12.6. The summed E-state index contributed by atoms with van der Waals surface area (Å²) < 4.78 is 5.54. The Kier molecular flexibility index (Phi) is 6.00. The number of aromatic nitrogens is 2. The molecular formula is C16H20N4O2. The van der Waals surface area contributed by atoms with E-state index in [0.717, 1.165) is 18.7 Å². The summed E-state index contributed by atoms with van der Waals surface area (Å²) in [5.41, 5.74) is 7.99. The van der Waals surface area contributed by atoms with Crippen molar-refractivity contribution in [1.82, 2.24) is 15.3 Å². The molecule has 0 spiro atoms. The van der Waals surface area contributed by atoms with Crippen molar-refractivity contribution in [1.29, 1.82) is 0 Å². The van der Waals surface area contributed by atoms with Crippen LogP contribution in [0.15, 0.2) is 36.7 Å². The lowest BCUT2D eigenvalue weighted by Crippen LogP contribution is -2.18. The number of rotatable bonds is 8. The summed E-state index contributed by atoms with van der Waals surface area (Å²) in [7, 11) is 0. The summed E-state index contributed by atoms with van der Waals surface area (Å²) in [4.78, 5) is 19.7. The molecule has 0 aliphatic carbocycles. The normalized spacial score (nSPS) is 10.6. The third-order valence-corrected chi connectivity index (χ3v) is 3.07. The zero-order valence-electron chi connectivity index (χ0n) is 12.6. The van der Waals surface area contributed by atoms with E-state index in [-0.39, 0.29) is 0 Å². The molecule has 2 aromatic rings. The van der Waals surface area contributed by atoms with Crippen molar-refractivity contribution in [2.75, 3.05) is 19.7 Å². The second-order valence-electron chi connectivity index (χ2n) is 4.75. The molecule has 2 aromatic heterocycles. The molecule has 0 aliphatic rings. The van der Waals surface area contributed by atoms with Gasteiger partial charge in [-0.15, -0.1) is 0 Å². The average molecular weight is 300 g/mol. The first-order chi connectivity index (χ1) is 10.7. The van der Waals surface area contributed by atoms with Gasteiger partial charge in [-0.3, -0.25) is 14.8 Å². The third-order valence-electron chi connectivity index (χ3n) is 3.07.